The van der Waals surface area contributed by atoms with E-state index >= 15 is 0 Å². The Bertz CT molecular complexity index is 979. The Kier molecular flexibility index (Phi) is 5.98. The topological polar surface area (TPSA) is 111 Å². The third kappa shape index (κ3) is 4.07. The molecule has 9 heteroatoms. The van der Waals surface area contributed by atoms with E-state index in [1.165, 1.54) is 29.2 Å². The third-order valence-electron chi connectivity index (χ3n) is 4.13. The summed E-state index contributed by atoms with van der Waals surface area (Å²) in [5.41, 5.74) is 1.57. The number of H-pyrrole nitrogens is 2. The Morgan fingerprint density at radius 3 is 2.89 bits per heavy atom. The Labute approximate surface area is 164 Å². The molecule has 1 aliphatic heterocycles. The minimum Gasteiger partial charge on any atom is -0.465 e. The fraction of sp³-hybridized carbons (Fsp3) is 0.333. The number of carbonyl (C=O) groups is 1. The molecule has 0 aliphatic carbocycles. The number of carbonyl (C=O) groups excluding carboxylic acids is 1. The number of esters is 1. The van der Waals surface area contributed by atoms with E-state index in [4.69, 9.17) is 4.74 Å². The molecule has 0 bridgehead atoms. The lowest BCUT2D eigenvalue weighted by Crippen LogP contribution is -2.33. The van der Waals surface area contributed by atoms with Gasteiger partial charge in [0.15, 0.2) is 0 Å². The van der Waals surface area contributed by atoms with Crippen molar-refractivity contribution in [1.82, 2.24) is 10.2 Å². The highest BCUT2D eigenvalue weighted by atomic mass is 32.2. The van der Waals surface area contributed by atoms with Crippen molar-refractivity contribution in [1.29, 1.82) is 5.26 Å². The van der Waals surface area contributed by atoms with Crippen molar-refractivity contribution >= 4 is 34.8 Å². The zero-order valence-electron chi connectivity index (χ0n) is 14.8. The summed E-state index contributed by atoms with van der Waals surface area (Å²) >= 11 is 2.86. The summed E-state index contributed by atoms with van der Waals surface area (Å²) in [6.07, 6.45) is 0. The van der Waals surface area contributed by atoms with Crippen LogP contribution >= 0.6 is 23.1 Å². The molecule has 140 valence electrons. The van der Waals surface area contributed by atoms with Crippen LogP contribution in [-0.4, -0.2) is 28.5 Å². The number of hydrogen-bond acceptors (Lipinski definition) is 7. The molecule has 0 fully saturated rings. The zero-order valence-corrected chi connectivity index (χ0v) is 16.4. The van der Waals surface area contributed by atoms with Gasteiger partial charge in [0.05, 0.1) is 18.2 Å². The molecular weight excluding hydrogens is 384 g/mol. The molecular formula is C18H18N4O3S2. The van der Waals surface area contributed by atoms with Crippen LogP contribution in [0.4, 0.5) is 0 Å². The number of rotatable bonds is 6. The second-order valence-electron chi connectivity index (χ2n) is 5.88. The summed E-state index contributed by atoms with van der Waals surface area (Å²) in [4.78, 5) is 29.3. The van der Waals surface area contributed by atoms with Crippen LogP contribution in [0.5, 0.6) is 0 Å². The van der Waals surface area contributed by atoms with Crippen LogP contribution < -0.4 is 5.56 Å². The molecule has 0 amide bonds. The first-order valence-corrected chi connectivity index (χ1v) is 10.2. The molecule has 7 nitrogen and oxygen atoms in total. The molecule has 0 aromatic carbocycles. The van der Waals surface area contributed by atoms with Crippen molar-refractivity contribution < 1.29 is 9.53 Å². The summed E-state index contributed by atoms with van der Waals surface area (Å²) in [6.45, 7) is 3.82. The standard InChI is InChI=1S/C18H18N4O3S2/c1-3-25-18(24)15-10(2)20-17(27-9-11-7-14(23)22-21-11)12(8-19)16(15)13-5-4-6-26-13/h4-7,15-16H,3,9H2,1-2H3,(H2,21,22,23). The van der Waals surface area contributed by atoms with Gasteiger partial charge in [-0.15, -0.1) is 11.3 Å². The molecule has 0 saturated carbocycles. The lowest BCUT2D eigenvalue weighted by molar-refractivity contribution is -0.145. The fourth-order valence-corrected chi connectivity index (χ4v) is 4.82. The lowest BCUT2D eigenvalue weighted by atomic mass is 9.81. The van der Waals surface area contributed by atoms with Crippen LogP contribution in [0.15, 0.2) is 44.0 Å². The summed E-state index contributed by atoms with van der Waals surface area (Å²) in [6, 6.07) is 7.54. The molecule has 3 rings (SSSR count). The molecule has 1 aliphatic rings. The number of aromatic nitrogens is 2. The summed E-state index contributed by atoms with van der Waals surface area (Å²) in [5, 5.41) is 17.6. The minimum atomic E-state index is -0.616. The number of allylic oxidation sites excluding steroid dienone is 1. The van der Waals surface area contributed by atoms with Gasteiger partial charge in [0.2, 0.25) is 0 Å². The van der Waals surface area contributed by atoms with Gasteiger partial charge in [0.25, 0.3) is 5.56 Å². The van der Waals surface area contributed by atoms with Crippen LogP contribution in [0.2, 0.25) is 0 Å². The molecule has 27 heavy (non-hydrogen) atoms. The minimum absolute atomic E-state index is 0.206. The van der Waals surface area contributed by atoms with Gasteiger partial charge in [-0.3, -0.25) is 14.7 Å². The Balaban J connectivity index is 1.98. The number of hydrogen-bond donors (Lipinski definition) is 2. The van der Waals surface area contributed by atoms with Crippen LogP contribution in [0.1, 0.15) is 30.3 Å². The molecule has 0 spiro atoms. The molecule has 2 aromatic rings. The van der Waals surface area contributed by atoms with Crippen molar-refractivity contribution in [2.45, 2.75) is 25.5 Å². The van der Waals surface area contributed by atoms with Crippen molar-refractivity contribution in [3.05, 3.63) is 55.1 Å². The zero-order chi connectivity index (χ0) is 19.4. The first kappa shape index (κ1) is 19.2. The molecule has 2 atom stereocenters. The second-order valence-corrected chi connectivity index (χ2v) is 7.82. The van der Waals surface area contributed by atoms with E-state index in [0.29, 0.717) is 27.8 Å². The predicted molar refractivity (Wildman–Crippen MR) is 106 cm³/mol. The normalized spacial score (nSPS) is 19.5. The number of thioether (sulfide) groups is 1. The number of aromatic amines is 2. The Hall–Kier alpha value is -2.57. The third-order valence-corrected chi connectivity index (χ3v) is 6.12. The first-order chi connectivity index (χ1) is 13.0. The fourth-order valence-electron chi connectivity index (χ4n) is 2.97. The summed E-state index contributed by atoms with van der Waals surface area (Å²) < 4.78 is 5.24. The van der Waals surface area contributed by atoms with Gasteiger partial charge in [-0.1, -0.05) is 17.8 Å². The largest absolute Gasteiger partial charge is 0.465 e. The SMILES string of the molecule is CCOC(=O)C1C(C)=NC(SCc2cc(=O)[nH][nH]2)=C(C#N)C1c1cccs1. The maximum Gasteiger partial charge on any atom is 0.315 e. The van der Waals surface area contributed by atoms with Crippen LogP contribution in [0, 0.1) is 17.2 Å². The Morgan fingerprint density at radius 1 is 1.48 bits per heavy atom. The van der Waals surface area contributed by atoms with Crippen molar-refractivity contribution in [3.63, 3.8) is 0 Å². The highest BCUT2D eigenvalue weighted by molar-refractivity contribution is 8.02. The maximum atomic E-state index is 12.6. The lowest BCUT2D eigenvalue weighted by Gasteiger charge is -2.29. The molecule has 3 heterocycles. The number of nitrogens with one attached hydrogen (secondary N) is 2. The van der Waals surface area contributed by atoms with Crippen molar-refractivity contribution in [2.24, 2.45) is 10.9 Å². The van der Waals surface area contributed by atoms with E-state index in [9.17, 15) is 14.9 Å². The number of aliphatic imine (C=N–C) groups is 1. The average molecular weight is 403 g/mol. The first-order valence-electron chi connectivity index (χ1n) is 8.34. The van der Waals surface area contributed by atoms with Gasteiger partial charge in [-0.05, 0) is 25.3 Å². The number of thiophene rings is 1. The van der Waals surface area contributed by atoms with Gasteiger partial charge in [0.1, 0.15) is 10.9 Å². The molecule has 0 saturated heterocycles. The highest BCUT2D eigenvalue weighted by Gasteiger charge is 2.40. The van der Waals surface area contributed by atoms with E-state index in [-0.39, 0.29) is 18.1 Å². The van der Waals surface area contributed by atoms with Gasteiger partial charge < -0.3 is 9.84 Å². The van der Waals surface area contributed by atoms with Gasteiger partial charge in [-0.2, -0.15) is 5.26 Å². The van der Waals surface area contributed by atoms with E-state index in [0.717, 1.165) is 4.88 Å². The predicted octanol–water partition coefficient (Wildman–Crippen LogP) is 3.17. The number of ether oxygens (including phenoxy) is 1. The Morgan fingerprint density at radius 2 is 2.30 bits per heavy atom. The van der Waals surface area contributed by atoms with Gasteiger partial charge in [0, 0.05) is 34.0 Å². The van der Waals surface area contributed by atoms with Gasteiger partial charge in [-0.25, -0.2) is 4.99 Å². The number of nitrogens with zero attached hydrogens (tertiary/aromatic N) is 2. The molecule has 2 unspecified atom stereocenters. The van der Waals surface area contributed by atoms with E-state index < -0.39 is 11.8 Å². The highest BCUT2D eigenvalue weighted by Crippen LogP contribution is 2.44. The van der Waals surface area contributed by atoms with E-state index in [1.807, 2.05) is 17.5 Å². The molecule has 0 radical (unpaired) electrons. The second kappa shape index (κ2) is 8.41. The average Bonchev–Trinajstić information content (AvgIpc) is 3.31. The van der Waals surface area contributed by atoms with Crippen LogP contribution in [0.3, 0.4) is 0 Å². The van der Waals surface area contributed by atoms with E-state index in [2.05, 4.69) is 21.3 Å². The summed E-state index contributed by atoms with van der Waals surface area (Å²) in [7, 11) is 0. The van der Waals surface area contributed by atoms with Crippen LogP contribution in [-0.2, 0) is 15.3 Å². The summed E-state index contributed by atoms with van der Waals surface area (Å²) in [5.74, 6) is -0.949. The van der Waals surface area contributed by atoms with Crippen molar-refractivity contribution in [3.8, 4) is 6.07 Å². The molecule has 2 aromatic heterocycles. The smallest absolute Gasteiger partial charge is 0.315 e. The van der Waals surface area contributed by atoms with E-state index in [1.54, 1.807) is 13.8 Å². The number of nitriles is 1. The maximum absolute atomic E-state index is 12.6. The monoisotopic (exact) mass is 402 g/mol. The van der Waals surface area contributed by atoms with Gasteiger partial charge >= 0.3 is 5.97 Å². The van der Waals surface area contributed by atoms with Crippen LogP contribution in [0.25, 0.3) is 0 Å². The quantitative estimate of drug-likeness (QED) is 0.721. The van der Waals surface area contributed by atoms with Crippen molar-refractivity contribution in [2.75, 3.05) is 6.61 Å². The molecule has 2 N–H and O–H groups in total.